The first kappa shape index (κ1) is 17.3. The van der Waals surface area contributed by atoms with Gasteiger partial charge in [0, 0.05) is 16.6 Å². The molecule has 2 nitrogen and oxygen atoms in total. The number of nitrogens with one attached hydrogen (secondary N) is 1. The Morgan fingerprint density at radius 1 is 1.30 bits per heavy atom. The summed E-state index contributed by atoms with van der Waals surface area (Å²) in [5.41, 5.74) is 1.43. The molecule has 0 saturated heterocycles. The molecule has 0 spiro atoms. The first-order chi connectivity index (χ1) is 9.33. The van der Waals surface area contributed by atoms with Gasteiger partial charge < -0.3 is 10.1 Å². The zero-order valence-electron chi connectivity index (χ0n) is 13.4. The highest BCUT2D eigenvalue weighted by Crippen LogP contribution is 2.29. The number of halogens is 1. The lowest BCUT2D eigenvalue weighted by molar-refractivity contribution is 0.240. The van der Waals surface area contributed by atoms with Crippen LogP contribution in [0, 0.1) is 5.41 Å². The molecule has 0 heterocycles. The van der Waals surface area contributed by atoms with Crippen molar-refractivity contribution in [1.82, 2.24) is 5.32 Å². The lowest BCUT2D eigenvalue weighted by atomic mass is 9.93. The average Bonchev–Trinajstić information content (AvgIpc) is 2.36. The first-order valence-electron chi connectivity index (χ1n) is 7.49. The van der Waals surface area contributed by atoms with E-state index in [1.165, 1.54) is 0 Å². The van der Waals surface area contributed by atoms with E-state index >= 15 is 0 Å². The van der Waals surface area contributed by atoms with Gasteiger partial charge in [-0.25, -0.2) is 0 Å². The Morgan fingerprint density at radius 3 is 2.60 bits per heavy atom. The Hall–Kier alpha value is -0.730. The normalized spacial score (nSPS) is 13.3. The third-order valence-electron chi connectivity index (χ3n) is 3.25. The molecule has 0 aliphatic carbocycles. The van der Waals surface area contributed by atoms with Crippen LogP contribution in [0.1, 0.15) is 59.1 Å². The predicted molar refractivity (Wildman–Crippen MR) is 87.7 cm³/mol. The lowest BCUT2D eigenvalue weighted by Crippen LogP contribution is -2.20. The Balaban J connectivity index is 2.74. The second-order valence-corrected chi connectivity index (χ2v) is 6.95. The van der Waals surface area contributed by atoms with E-state index in [9.17, 15) is 0 Å². The van der Waals surface area contributed by atoms with Crippen LogP contribution in [0.2, 0.25) is 5.02 Å². The standard InChI is InChI=1S/C17H28ClNO/c1-6-10-19-13(2)15-12-14(18)7-8-16(15)20-11-9-17(3,4)5/h7-8,12-13,19H,6,9-11H2,1-5H3. The van der Waals surface area contributed by atoms with Crippen molar-refractivity contribution in [2.75, 3.05) is 13.2 Å². The molecule has 3 heteroatoms. The third kappa shape index (κ3) is 6.15. The van der Waals surface area contributed by atoms with Gasteiger partial charge in [-0.3, -0.25) is 0 Å². The minimum Gasteiger partial charge on any atom is -0.493 e. The molecule has 0 aliphatic rings. The quantitative estimate of drug-likeness (QED) is 0.745. The molecule has 0 saturated carbocycles. The van der Waals surface area contributed by atoms with Gasteiger partial charge in [-0.1, -0.05) is 39.3 Å². The van der Waals surface area contributed by atoms with Crippen molar-refractivity contribution < 1.29 is 4.74 Å². The number of benzene rings is 1. The molecule has 0 aromatic heterocycles. The van der Waals surface area contributed by atoms with Crippen LogP contribution < -0.4 is 10.1 Å². The van der Waals surface area contributed by atoms with E-state index in [-0.39, 0.29) is 6.04 Å². The summed E-state index contributed by atoms with van der Waals surface area (Å²) in [6.45, 7) is 12.7. The highest BCUT2D eigenvalue weighted by atomic mass is 35.5. The number of hydrogen-bond acceptors (Lipinski definition) is 2. The lowest BCUT2D eigenvalue weighted by Gasteiger charge is -2.21. The molecule has 114 valence electrons. The SMILES string of the molecule is CCCNC(C)c1cc(Cl)ccc1OCCC(C)(C)C. The summed E-state index contributed by atoms with van der Waals surface area (Å²) < 4.78 is 5.97. The van der Waals surface area contributed by atoms with E-state index in [0.29, 0.717) is 5.41 Å². The molecule has 0 bridgehead atoms. The van der Waals surface area contributed by atoms with Crippen LogP contribution in [0.15, 0.2) is 18.2 Å². The fourth-order valence-electron chi connectivity index (χ4n) is 1.93. The molecule has 1 unspecified atom stereocenters. The maximum absolute atomic E-state index is 6.12. The number of ether oxygens (including phenoxy) is 1. The topological polar surface area (TPSA) is 21.3 Å². The first-order valence-corrected chi connectivity index (χ1v) is 7.87. The van der Waals surface area contributed by atoms with Gasteiger partial charge in [0.05, 0.1) is 6.61 Å². The molecule has 1 atom stereocenters. The van der Waals surface area contributed by atoms with Gasteiger partial charge in [0.1, 0.15) is 5.75 Å². The van der Waals surface area contributed by atoms with E-state index in [2.05, 4.69) is 39.9 Å². The Morgan fingerprint density at radius 2 is 2.00 bits per heavy atom. The Labute approximate surface area is 128 Å². The predicted octanol–water partition coefficient (Wildman–Crippen LogP) is 5.22. The second kappa shape index (κ2) is 7.90. The van der Waals surface area contributed by atoms with Crippen molar-refractivity contribution in [3.05, 3.63) is 28.8 Å². The third-order valence-corrected chi connectivity index (χ3v) is 3.48. The molecule has 1 rings (SSSR count). The zero-order chi connectivity index (χ0) is 15.2. The molecule has 1 aromatic rings. The average molecular weight is 298 g/mol. The van der Waals surface area contributed by atoms with Crippen molar-refractivity contribution in [2.24, 2.45) is 5.41 Å². The maximum atomic E-state index is 6.12. The van der Waals surface area contributed by atoms with E-state index in [0.717, 1.165) is 42.3 Å². The van der Waals surface area contributed by atoms with E-state index in [1.807, 2.05) is 18.2 Å². The zero-order valence-corrected chi connectivity index (χ0v) is 14.2. The highest BCUT2D eigenvalue weighted by molar-refractivity contribution is 6.30. The molecule has 1 N–H and O–H groups in total. The van der Waals surface area contributed by atoms with Crippen molar-refractivity contribution >= 4 is 11.6 Å². The van der Waals surface area contributed by atoms with E-state index in [1.54, 1.807) is 0 Å². The van der Waals surface area contributed by atoms with Gasteiger partial charge in [0.25, 0.3) is 0 Å². The molecular formula is C17H28ClNO. The van der Waals surface area contributed by atoms with Crippen LogP contribution in [0.3, 0.4) is 0 Å². The van der Waals surface area contributed by atoms with Gasteiger partial charge >= 0.3 is 0 Å². The number of rotatable bonds is 7. The van der Waals surface area contributed by atoms with Crippen LogP contribution in [0.5, 0.6) is 5.75 Å². The Bertz CT molecular complexity index is 412. The maximum Gasteiger partial charge on any atom is 0.124 e. The fraction of sp³-hybridized carbons (Fsp3) is 0.647. The van der Waals surface area contributed by atoms with Crippen LogP contribution >= 0.6 is 11.6 Å². The number of hydrogen-bond donors (Lipinski definition) is 1. The molecule has 0 aliphatic heterocycles. The summed E-state index contributed by atoms with van der Waals surface area (Å²) in [5.74, 6) is 0.940. The van der Waals surface area contributed by atoms with E-state index < -0.39 is 0 Å². The van der Waals surface area contributed by atoms with E-state index in [4.69, 9.17) is 16.3 Å². The summed E-state index contributed by atoms with van der Waals surface area (Å²) in [4.78, 5) is 0. The molecule has 0 radical (unpaired) electrons. The van der Waals surface area contributed by atoms with Crippen LogP contribution in [-0.4, -0.2) is 13.2 Å². The van der Waals surface area contributed by atoms with Crippen LogP contribution in [0.4, 0.5) is 0 Å². The van der Waals surface area contributed by atoms with Crippen molar-refractivity contribution in [2.45, 2.75) is 53.5 Å². The fourth-order valence-corrected chi connectivity index (χ4v) is 2.11. The minimum absolute atomic E-state index is 0.248. The summed E-state index contributed by atoms with van der Waals surface area (Å²) in [6.07, 6.45) is 2.15. The van der Waals surface area contributed by atoms with Gasteiger partial charge in [0.2, 0.25) is 0 Å². The second-order valence-electron chi connectivity index (χ2n) is 6.52. The molecular weight excluding hydrogens is 270 g/mol. The van der Waals surface area contributed by atoms with Crippen LogP contribution in [0.25, 0.3) is 0 Å². The molecule has 0 fully saturated rings. The van der Waals surface area contributed by atoms with Gasteiger partial charge in [-0.2, -0.15) is 0 Å². The molecule has 20 heavy (non-hydrogen) atoms. The largest absolute Gasteiger partial charge is 0.493 e. The van der Waals surface area contributed by atoms with Crippen molar-refractivity contribution in [3.8, 4) is 5.75 Å². The van der Waals surface area contributed by atoms with Crippen LogP contribution in [-0.2, 0) is 0 Å². The minimum atomic E-state index is 0.248. The van der Waals surface area contributed by atoms with Crippen molar-refractivity contribution in [1.29, 1.82) is 0 Å². The Kier molecular flexibility index (Phi) is 6.84. The summed E-state index contributed by atoms with van der Waals surface area (Å²) in [6, 6.07) is 6.12. The molecule has 1 aromatic carbocycles. The summed E-state index contributed by atoms with van der Waals surface area (Å²) in [7, 11) is 0. The summed E-state index contributed by atoms with van der Waals surface area (Å²) in [5, 5.41) is 4.24. The highest BCUT2D eigenvalue weighted by Gasteiger charge is 2.14. The monoisotopic (exact) mass is 297 g/mol. The van der Waals surface area contributed by atoms with Gasteiger partial charge in [-0.05, 0) is 49.9 Å². The molecule has 0 amide bonds. The smallest absolute Gasteiger partial charge is 0.124 e. The van der Waals surface area contributed by atoms with Crippen molar-refractivity contribution in [3.63, 3.8) is 0 Å². The van der Waals surface area contributed by atoms with Gasteiger partial charge in [0.15, 0.2) is 0 Å². The van der Waals surface area contributed by atoms with Gasteiger partial charge in [-0.15, -0.1) is 0 Å². The summed E-state index contributed by atoms with van der Waals surface area (Å²) >= 11 is 6.12.